The van der Waals surface area contributed by atoms with Gasteiger partial charge in [0.1, 0.15) is 18.2 Å². The lowest BCUT2D eigenvalue weighted by Gasteiger charge is -2.34. The lowest BCUT2D eigenvalue weighted by Crippen LogP contribution is -2.53. The largest absolute Gasteiger partial charge is 0.336 e. The van der Waals surface area contributed by atoms with E-state index >= 15 is 0 Å². The van der Waals surface area contributed by atoms with Gasteiger partial charge in [-0.1, -0.05) is 0 Å². The van der Waals surface area contributed by atoms with E-state index in [0.717, 1.165) is 25.5 Å². The highest BCUT2D eigenvalue weighted by atomic mass is 16.2. The van der Waals surface area contributed by atoms with Gasteiger partial charge >= 0.3 is 0 Å². The molecule has 1 N–H and O–H groups in total. The maximum Gasteiger partial charge on any atom is 0.244 e. The van der Waals surface area contributed by atoms with Crippen molar-refractivity contribution in [2.75, 3.05) is 19.6 Å². The van der Waals surface area contributed by atoms with Crippen LogP contribution in [0.25, 0.3) is 0 Å². The number of aryl methyl sites for hydroxylation is 2. The first-order valence-corrected chi connectivity index (χ1v) is 5.96. The second-order valence-electron chi connectivity index (χ2n) is 4.50. The number of hydrogen-bond donors (Lipinski definition) is 1. The summed E-state index contributed by atoms with van der Waals surface area (Å²) in [6, 6.07) is 0.251. The Balaban J connectivity index is 2.03. The van der Waals surface area contributed by atoms with Crippen molar-refractivity contribution < 1.29 is 4.79 Å². The van der Waals surface area contributed by atoms with Crippen molar-refractivity contribution >= 4 is 5.91 Å². The van der Waals surface area contributed by atoms with E-state index in [1.165, 1.54) is 0 Å². The summed E-state index contributed by atoms with van der Waals surface area (Å²) in [5.41, 5.74) is 0. The van der Waals surface area contributed by atoms with Gasteiger partial charge in [0.2, 0.25) is 5.91 Å². The Hall–Kier alpha value is -1.43. The number of amides is 1. The molecule has 0 spiro atoms. The summed E-state index contributed by atoms with van der Waals surface area (Å²) in [7, 11) is 0. The van der Waals surface area contributed by atoms with Crippen LogP contribution in [0.5, 0.6) is 0 Å². The van der Waals surface area contributed by atoms with Crippen molar-refractivity contribution in [1.82, 2.24) is 25.0 Å². The SMILES string of the molecule is Cc1nc(C)n(CC(=O)N2CCNC[C@H]2C)n1. The first kappa shape index (κ1) is 12.0. The maximum absolute atomic E-state index is 12.1. The average Bonchev–Trinajstić information content (AvgIpc) is 2.58. The van der Waals surface area contributed by atoms with Gasteiger partial charge in [0.25, 0.3) is 0 Å². The molecule has 0 aliphatic carbocycles. The minimum Gasteiger partial charge on any atom is -0.336 e. The van der Waals surface area contributed by atoms with Crippen LogP contribution >= 0.6 is 0 Å². The molecule has 0 saturated carbocycles. The molecule has 6 heteroatoms. The molecule has 1 aromatic rings. The molecule has 1 amide bonds. The standard InChI is InChI=1S/C11H19N5O/c1-8-6-12-4-5-15(8)11(17)7-16-10(3)13-9(2)14-16/h8,12H,4-7H2,1-3H3/t8-/m1/s1. The predicted octanol–water partition coefficient (Wildman–Crippen LogP) is -0.285. The van der Waals surface area contributed by atoms with Crippen molar-refractivity contribution in [2.24, 2.45) is 0 Å². The lowest BCUT2D eigenvalue weighted by molar-refractivity contribution is -0.134. The highest BCUT2D eigenvalue weighted by Gasteiger charge is 2.23. The van der Waals surface area contributed by atoms with Crippen LogP contribution in [0.3, 0.4) is 0 Å². The number of hydrogen-bond acceptors (Lipinski definition) is 4. The van der Waals surface area contributed by atoms with Crippen molar-refractivity contribution in [1.29, 1.82) is 0 Å². The molecule has 0 bridgehead atoms. The van der Waals surface area contributed by atoms with Gasteiger partial charge in [0, 0.05) is 25.7 Å². The molecule has 1 saturated heterocycles. The van der Waals surface area contributed by atoms with Crippen LogP contribution in [-0.2, 0) is 11.3 Å². The maximum atomic E-state index is 12.1. The van der Waals surface area contributed by atoms with Gasteiger partial charge in [0.05, 0.1) is 0 Å². The summed E-state index contributed by atoms with van der Waals surface area (Å²) in [5.74, 6) is 1.62. The normalized spacial score (nSPS) is 20.6. The average molecular weight is 237 g/mol. The smallest absolute Gasteiger partial charge is 0.244 e. The second-order valence-corrected chi connectivity index (χ2v) is 4.50. The number of nitrogens with zero attached hydrogens (tertiary/aromatic N) is 4. The van der Waals surface area contributed by atoms with E-state index in [1.807, 2.05) is 18.7 Å². The molecule has 2 heterocycles. The minimum atomic E-state index is 0.118. The van der Waals surface area contributed by atoms with Gasteiger partial charge in [-0.2, -0.15) is 5.10 Å². The zero-order valence-electron chi connectivity index (χ0n) is 10.6. The zero-order valence-corrected chi connectivity index (χ0v) is 10.6. The Labute approximate surface area is 101 Å². The zero-order chi connectivity index (χ0) is 12.4. The van der Waals surface area contributed by atoms with Crippen molar-refractivity contribution in [3.8, 4) is 0 Å². The van der Waals surface area contributed by atoms with E-state index in [-0.39, 0.29) is 18.5 Å². The number of piperazine rings is 1. The number of carbonyl (C=O) groups excluding carboxylic acids is 1. The quantitative estimate of drug-likeness (QED) is 0.768. The first-order valence-electron chi connectivity index (χ1n) is 5.96. The molecule has 2 rings (SSSR count). The van der Waals surface area contributed by atoms with E-state index in [4.69, 9.17) is 0 Å². The third-order valence-electron chi connectivity index (χ3n) is 3.07. The van der Waals surface area contributed by atoms with Gasteiger partial charge in [-0.05, 0) is 20.8 Å². The van der Waals surface area contributed by atoms with E-state index < -0.39 is 0 Å². The van der Waals surface area contributed by atoms with Crippen LogP contribution in [-0.4, -0.2) is 51.2 Å². The number of aromatic nitrogens is 3. The van der Waals surface area contributed by atoms with Crippen molar-refractivity contribution in [3.05, 3.63) is 11.6 Å². The van der Waals surface area contributed by atoms with Crippen molar-refractivity contribution in [2.45, 2.75) is 33.4 Å². The fourth-order valence-corrected chi connectivity index (χ4v) is 2.14. The molecule has 0 unspecified atom stereocenters. The van der Waals surface area contributed by atoms with E-state index in [1.54, 1.807) is 4.68 Å². The van der Waals surface area contributed by atoms with Gasteiger partial charge in [0.15, 0.2) is 0 Å². The van der Waals surface area contributed by atoms with Crippen molar-refractivity contribution in [3.63, 3.8) is 0 Å². The van der Waals surface area contributed by atoms with Crippen LogP contribution in [0.15, 0.2) is 0 Å². The first-order chi connectivity index (χ1) is 8.08. The molecular weight excluding hydrogens is 218 g/mol. The Morgan fingerprint density at radius 2 is 2.29 bits per heavy atom. The molecule has 94 valence electrons. The summed E-state index contributed by atoms with van der Waals surface area (Å²) < 4.78 is 1.67. The van der Waals surface area contributed by atoms with E-state index in [2.05, 4.69) is 22.3 Å². The van der Waals surface area contributed by atoms with E-state index in [0.29, 0.717) is 5.82 Å². The molecule has 0 aromatic carbocycles. The molecule has 1 aliphatic heterocycles. The van der Waals surface area contributed by atoms with Gasteiger partial charge < -0.3 is 10.2 Å². The summed E-state index contributed by atoms with van der Waals surface area (Å²) >= 11 is 0. The molecule has 0 radical (unpaired) electrons. The summed E-state index contributed by atoms with van der Waals surface area (Å²) in [6.07, 6.45) is 0. The highest BCUT2D eigenvalue weighted by Crippen LogP contribution is 2.05. The van der Waals surface area contributed by atoms with Gasteiger partial charge in [-0.15, -0.1) is 0 Å². The third kappa shape index (κ3) is 2.63. The molecule has 1 aliphatic rings. The number of carbonyl (C=O) groups is 1. The van der Waals surface area contributed by atoms with Gasteiger partial charge in [-0.3, -0.25) is 4.79 Å². The van der Waals surface area contributed by atoms with E-state index in [9.17, 15) is 4.79 Å². The minimum absolute atomic E-state index is 0.118. The molecule has 6 nitrogen and oxygen atoms in total. The molecule has 1 aromatic heterocycles. The number of rotatable bonds is 2. The molecule has 1 fully saturated rings. The lowest BCUT2D eigenvalue weighted by atomic mass is 10.2. The Kier molecular flexibility index (Phi) is 3.42. The van der Waals surface area contributed by atoms with Crippen LogP contribution in [0.4, 0.5) is 0 Å². The van der Waals surface area contributed by atoms with Crippen LogP contribution in [0.2, 0.25) is 0 Å². The highest BCUT2D eigenvalue weighted by molar-refractivity contribution is 5.76. The second kappa shape index (κ2) is 4.83. The van der Waals surface area contributed by atoms with Gasteiger partial charge in [-0.25, -0.2) is 9.67 Å². The van der Waals surface area contributed by atoms with Crippen LogP contribution in [0.1, 0.15) is 18.6 Å². The predicted molar refractivity (Wildman–Crippen MR) is 63.5 cm³/mol. The summed E-state index contributed by atoms with van der Waals surface area (Å²) in [4.78, 5) is 18.3. The Bertz CT molecular complexity index is 414. The Morgan fingerprint density at radius 3 is 2.88 bits per heavy atom. The summed E-state index contributed by atoms with van der Waals surface area (Å²) in [5, 5.41) is 7.48. The Morgan fingerprint density at radius 1 is 1.53 bits per heavy atom. The number of nitrogens with one attached hydrogen (secondary N) is 1. The van der Waals surface area contributed by atoms with Crippen LogP contribution < -0.4 is 5.32 Å². The molecule has 17 heavy (non-hydrogen) atoms. The third-order valence-corrected chi connectivity index (χ3v) is 3.07. The monoisotopic (exact) mass is 237 g/mol. The topological polar surface area (TPSA) is 63.1 Å². The molecular formula is C11H19N5O. The fraction of sp³-hybridized carbons (Fsp3) is 0.727. The molecule has 1 atom stereocenters. The summed E-state index contributed by atoms with van der Waals surface area (Å²) in [6.45, 7) is 8.55. The van der Waals surface area contributed by atoms with Crippen LogP contribution in [0, 0.1) is 13.8 Å². The fourth-order valence-electron chi connectivity index (χ4n) is 2.14.